The summed E-state index contributed by atoms with van der Waals surface area (Å²) in [5.74, 6) is 1.55. The minimum Gasteiger partial charge on any atom is -0.488 e. The van der Waals surface area contributed by atoms with E-state index < -0.39 is 0 Å². The highest BCUT2D eigenvalue weighted by atomic mass is 16.5. The van der Waals surface area contributed by atoms with Crippen molar-refractivity contribution in [3.05, 3.63) is 29.6 Å². The number of nitrogens with zero attached hydrogens (tertiary/aromatic N) is 3. The van der Waals surface area contributed by atoms with Crippen LogP contribution < -0.4 is 21.1 Å². The van der Waals surface area contributed by atoms with Crippen LogP contribution >= 0.6 is 0 Å². The van der Waals surface area contributed by atoms with E-state index in [-0.39, 0.29) is 11.5 Å². The highest BCUT2D eigenvalue weighted by molar-refractivity contribution is 5.83. The molecular formula is C23H33N5O. The molecule has 29 heavy (non-hydrogen) atoms. The molecule has 1 fully saturated rings. The Bertz CT molecular complexity index is 902. The normalized spacial score (nSPS) is 22.5. The number of aromatic nitrogens is 2. The van der Waals surface area contributed by atoms with Crippen LogP contribution in [0.15, 0.2) is 18.5 Å². The van der Waals surface area contributed by atoms with Gasteiger partial charge in [-0.3, -0.25) is 0 Å². The second-order valence-electron chi connectivity index (χ2n) is 9.15. The Morgan fingerprint density at radius 1 is 1.17 bits per heavy atom. The smallest absolute Gasteiger partial charge is 0.143 e. The van der Waals surface area contributed by atoms with Crippen LogP contribution in [0.5, 0.6) is 5.75 Å². The molecule has 2 aliphatic carbocycles. The van der Waals surface area contributed by atoms with Crippen molar-refractivity contribution in [3.8, 4) is 17.0 Å². The van der Waals surface area contributed by atoms with Crippen LogP contribution in [0.2, 0.25) is 0 Å². The molecule has 0 aliphatic heterocycles. The summed E-state index contributed by atoms with van der Waals surface area (Å²) in [5, 5.41) is 0. The maximum Gasteiger partial charge on any atom is 0.143 e. The summed E-state index contributed by atoms with van der Waals surface area (Å²) in [6.07, 6.45) is 6.78. The van der Waals surface area contributed by atoms with Gasteiger partial charge in [-0.25, -0.2) is 9.97 Å². The molecule has 0 spiro atoms. The van der Waals surface area contributed by atoms with Gasteiger partial charge in [-0.2, -0.15) is 0 Å². The monoisotopic (exact) mass is 395 g/mol. The first-order valence-electron chi connectivity index (χ1n) is 10.7. The van der Waals surface area contributed by atoms with Crippen molar-refractivity contribution < 1.29 is 4.74 Å². The van der Waals surface area contributed by atoms with E-state index in [0.717, 1.165) is 61.2 Å². The summed E-state index contributed by atoms with van der Waals surface area (Å²) in [6.45, 7) is 7.52. The highest BCUT2D eigenvalue weighted by Crippen LogP contribution is 2.49. The average molecular weight is 396 g/mol. The number of anilines is 2. The fourth-order valence-corrected chi connectivity index (χ4v) is 4.87. The zero-order chi connectivity index (χ0) is 20.8. The molecular weight excluding hydrogens is 362 g/mol. The van der Waals surface area contributed by atoms with E-state index in [2.05, 4.69) is 54.8 Å². The van der Waals surface area contributed by atoms with Crippen molar-refractivity contribution in [1.29, 1.82) is 0 Å². The van der Waals surface area contributed by atoms with Crippen LogP contribution in [-0.2, 0) is 11.8 Å². The minimum absolute atomic E-state index is 0.146. The molecule has 2 aliphatic rings. The van der Waals surface area contributed by atoms with Crippen molar-refractivity contribution >= 4 is 11.5 Å². The first kappa shape index (κ1) is 20.0. The van der Waals surface area contributed by atoms with Gasteiger partial charge in [0.1, 0.15) is 17.9 Å². The molecule has 0 bridgehead atoms. The van der Waals surface area contributed by atoms with E-state index in [1.54, 1.807) is 6.33 Å². The fraction of sp³-hybridized carbons (Fsp3) is 0.565. The molecule has 6 heteroatoms. The van der Waals surface area contributed by atoms with Gasteiger partial charge in [0.15, 0.2) is 0 Å². The molecule has 0 radical (unpaired) electrons. The molecule has 156 valence electrons. The molecule has 2 aromatic rings. The Kier molecular flexibility index (Phi) is 5.15. The maximum absolute atomic E-state index is 6.55. The predicted molar refractivity (Wildman–Crippen MR) is 118 cm³/mol. The number of hydrogen-bond donors (Lipinski definition) is 2. The molecule has 0 unspecified atom stereocenters. The third kappa shape index (κ3) is 3.54. The van der Waals surface area contributed by atoms with E-state index in [0.29, 0.717) is 11.9 Å². The van der Waals surface area contributed by atoms with Crippen molar-refractivity contribution in [3.63, 3.8) is 0 Å². The van der Waals surface area contributed by atoms with E-state index in [1.807, 2.05) is 0 Å². The lowest BCUT2D eigenvalue weighted by molar-refractivity contribution is 0.147. The molecule has 1 heterocycles. The first-order valence-corrected chi connectivity index (χ1v) is 10.7. The summed E-state index contributed by atoms with van der Waals surface area (Å²) in [4.78, 5) is 11.2. The van der Waals surface area contributed by atoms with E-state index in [9.17, 15) is 0 Å². The van der Waals surface area contributed by atoms with E-state index in [1.165, 1.54) is 11.3 Å². The van der Waals surface area contributed by atoms with Gasteiger partial charge in [0.25, 0.3) is 0 Å². The van der Waals surface area contributed by atoms with Gasteiger partial charge in [-0.1, -0.05) is 13.8 Å². The first-order chi connectivity index (χ1) is 13.8. The molecule has 1 saturated carbocycles. The van der Waals surface area contributed by atoms with Gasteiger partial charge in [0, 0.05) is 30.8 Å². The standard InChI is InChI=1S/C23H33N5O/c1-5-28(4)21-17-12-23(2,3)19-20(26-13-27-22(19)25)16(17)10-11-18(21)29-15-8-6-14(24)7-9-15/h10-11,13-15H,5-9,12,24H2,1-4H3,(H2,25,26,27). The Morgan fingerprint density at radius 3 is 2.59 bits per heavy atom. The summed E-state index contributed by atoms with van der Waals surface area (Å²) in [5.41, 5.74) is 17.8. The zero-order valence-electron chi connectivity index (χ0n) is 18.0. The van der Waals surface area contributed by atoms with Crippen molar-refractivity contribution in [2.45, 2.75) is 70.4 Å². The van der Waals surface area contributed by atoms with Crippen LogP contribution in [0.3, 0.4) is 0 Å². The SMILES string of the molecule is CCN(C)c1c(OC2CCC(N)CC2)ccc2c1CC(C)(C)c1c(N)ncnc1-2. The van der Waals surface area contributed by atoms with Gasteiger partial charge in [-0.05, 0) is 62.1 Å². The number of rotatable bonds is 4. The van der Waals surface area contributed by atoms with Gasteiger partial charge < -0.3 is 21.1 Å². The summed E-state index contributed by atoms with van der Waals surface area (Å²) in [7, 11) is 2.14. The highest BCUT2D eigenvalue weighted by Gasteiger charge is 2.37. The molecule has 4 N–H and O–H groups in total. The summed E-state index contributed by atoms with van der Waals surface area (Å²) < 4.78 is 6.55. The van der Waals surface area contributed by atoms with Crippen LogP contribution in [-0.4, -0.2) is 35.7 Å². The molecule has 1 aromatic carbocycles. The number of nitrogens with two attached hydrogens (primary N) is 2. The largest absolute Gasteiger partial charge is 0.488 e. The molecule has 0 saturated heterocycles. The molecule has 0 amide bonds. The van der Waals surface area contributed by atoms with Gasteiger partial charge in [-0.15, -0.1) is 0 Å². The number of benzene rings is 1. The molecule has 1 aromatic heterocycles. The fourth-order valence-electron chi connectivity index (χ4n) is 4.87. The second kappa shape index (κ2) is 7.48. The lowest BCUT2D eigenvalue weighted by atomic mass is 9.71. The third-order valence-corrected chi connectivity index (χ3v) is 6.54. The van der Waals surface area contributed by atoms with Gasteiger partial charge in [0.05, 0.1) is 17.5 Å². The topological polar surface area (TPSA) is 90.3 Å². The summed E-state index contributed by atoms with van der Waals surface area (Å²) >= 11 is 0. The number of ether oxygens (including phenoxy) is 1. The van der Waals surface area contributed by atoms with Crippen molar-refractivity contribution in [2.24, 2.45) is 5.73 Å². The molecule has 0 atom stereocenters. The second-order valence-corrected chi connectivity index (χ2v) is 9.15. The van der Waals surface area contributed by atoms with E-state index in [4.69, 9.17) is 16.2 Å². The number of hydrogen-bond acceptors (Lipinski definition) is 6. The Balaban J connectivity index is 1.82. The van der Waals surface area contributed by atoms with Gasteiger partial charge >= 0.3 is 0 Å². The number of fused-ring (bicyclic) bond motifs is 3. The zero-order valence-corrected chi connectivity index (χ0v) is 18.0. The summed E-state index contributed by atoms with van der Waals surface area (Å²) in [6, 6.07) is 4.57. The lowest BCUT2D eigenvalue weighted by Gasteiger charge is -2.37. The van der Waals surface area contributed by atoms with Crippen molar-refractivity contribution in [2.75, 3.05) is 24.2 Å². The van der Waals surface area contributed by atoms with Crippen LogP contribution in [0.25, 0.3) is 11.3 Å². The maximum atomic E-state index is 6.55. The van der Waals surface area contributed by atoms with Crippen molar-refractivity contribution in [1.82, 2.24) is 9.97 Å². The average Bonchev–Trinajstić information content (AvgIpc) is 2.68. The lowest BCUT2D eigenvalue weighted by Crippen LogP contribution is -2.33. The Labute approximate surface area is 173 Å². The van der Waals surface area contributed by atoms with Gasteiger partial charge in [0.2, 0.25) is 0 Å². The minimum atomic E-state index is -0.146. The van der Waals surface area contributed by atoms with Crippen LogP contribution in [0.1, 0.15) is 57.6 Å². The Hall–Kier alpha value is -2.34. The van der Waals surface area contributed by atoms with Crippen LogP contribution in [0, 0.1) is 0 Å². The predicted octanol–water partition coefficient (Wildman–Crippen LogP) is 3.66. The number of nitrogen functional groups attached to an aromatic ring is 1. The molecule has 4 rings (SSSR count). The Morgan fingerprint density at radius 2 is 1.90 bits per heavy atom. The quantitative estimate of drug-likeness (QED) is 0.821. The third-order valence-electron chi connectivity index (χ3n) is 6.54. The molecule has 6 nitrogen and oxygen atoms in total. The van der Waals surface area contributed by atoms with E-state index >= 15 is 0 Å². The van der Waals surface area contributed by atoms with Crippen LogP contribution in [0.4, 0.5) is 11.5 Å².